The number of anilines is 1. The van der Waals surface area contributed by atoms with E-state index in [0.29, 0.717) is 23.6 Å². The first-order chi connectivity index (χ1) is 12.3. The summed E-state index contributed by atoms with van der Waals surface area (Å²) in [5, 5.41) is 2.78. The van der Waals surface area contributed by atoms with Crippen molar-refractivity contribution in [3.63, 3.8) is 0 Å². The van der Waals surface area contributed by atoms with E-state index in [-0.39, 0.29) is 17.8 Å². The van der Waals surface area contributed by atoms with Crippen LogP contribution in [0.4, 0.5) is 5.69 Å². The summed E-state index contributed by atoms with van der Waals surface area (Å²) in [4.78, 5) is 24.2. The average Bonchev–Trinajstić information content (AvgIpc) is 2.60. The van der Waals surface area contributed by atoms with Gasteiger partial charge in [-0.25, -0.2) is 4.79 Å². The Bertz CT molecular complexity index is 753. The molecule has 0 aliphatic rings. The lowest BCUT2D eigenvalue weighted by atomic mass is 10.2. The van der Waals surface area contributed by atoms with Crippen LogP contribution in [0.15, 0.2) is 48.5 Å². The van der Waals surface area contributed by atoms with Crippen molar-refractivity contribution in [2.24, 2.45) is 5.92 Å². The topological polar surface area (TPSA) is 64.6 Å². The van der Waals surface area contributed by atoms with E-state index in [4.69, 9.17) is 9.47 Å². The molecule has 0 bridgehead atoms. The first-order valence-electron chi connectivity index (χ1n) is 8.66. The van der Waals surface area contributed by atoms with Crippen LogP contribution in [-0.4, -0.2) is 24.6 Å². The highest BCUT2D eigenvalue weighted by Crippen LogP contribution is 2.16. The Balaban J connectivity index is 1.91. The largest absolute Gasteiger partial charge is 0.481 e. The zero-order chi connectivity index (χ0) is 19.1. The number of esters is 1. The van der Waals surface area contributed by atoms with Gasteiger partial charge in [-0.15, -0.1) is 0 Å². The van der Waals surface area contributed by atoms with Crippen LogP contribution in [0.1, 0.15) is 36.7 Å². The van der Waals surface area contributed by atoms with Crippen LogP contribution in [-0.2, 0) is 9.53 Å². The van der Waals surface area contributed by atoms with Crippen LogP contribution >= 0.6 is 0 Å². The number of aryl methyl sites for hydroxylation is 1. The van der Waals surface area contributed by atoms with Gasteiger partial charge in [0.05, 0.1) is 12.2 Å². The number of hydrogen-bond acceptors (Lipinski definition) is 4. The number of carbonyl (C=O) groups is 2. The summed E-state index contributed by atoms with van der Waals surface area (Å²) >= 11 is 0. The summed E-state index contributed by atoms with van der Waals surface area (Å²) in [6.45, 7) is 7.99. The molecular weight excluding hydrogens is 330 g/mol. The third-order valence-corrected chi connectivity index (χ3v) is 3.61. The van der Waals surface area contributed by atoms with Gasteiger partial charge in [0, 0.05) is 5.69 Å². The van der Waals surface area contributed by atoms with Crippen molar-refractivity contribution in [3.05, 3.63) is 59.7 Å². The minimum absolute atomic E-state index is 0.262. The molecule has 5 nitrogen and oxygen atoms in total. The second-order valence-corrected chi connectivity index (χ2v) is 6.64. The Hall–Kier alpha value is -2.82. The maximum atomic E-state index is 12.3. The van der Waals surface area contributed by atoms with Gasteiger partial charge in [-0.05, 0) is 61.7 Å². The number of amides is 1. The van der Waals surface area contributed by atoms with Crippen molar-refractivity contribution in [1.29, 1.82) is 0 Å². The molecule has 0 radical (unpaired) electrons. The molecule has 26 heavy (non-hydrogen) atoms. The van der Waals surface area contributed by atoms with Crippen LogP contribution in [0.2, 0.25) is 0 Å². The molecule has 0 aromatic heterocycles. The van der Waals surface area contributed by atoms with Gasteiger partial charge in [0.2, 0.25) is 0 Å². The monoisotopic (exact) mass is 355 g/mol. The second-order valence-electron chi connectivity index (χ2n) is 6.64. The predicted molar refractivity (Wildman–Crippen MR) is 101 cm³/mol. The Morgan fingerprint density at radius 2 is 1.73 bits per heavy atom. The van der Waals surface area contributed by atoms with Gasteiger partial charge in [0.15, 0.2) is 6.10 Å². The molecule has 1 amide bonds. The van der Waals surface area contributed by atoms with E-state index in [1.165, 1.54) is 0 Å². The Morgan fingerprint density at radius 3 is 2.35 bits per heavy atom. The highest BCUT2D eigenvalue weighted by Gasteiger charge is 2.15. The average molecular weight is 355 g/mol. The summed E-state index contributed by atoms with van der Waals surface area (Å²) in [5.41, 5.74) is 2.11. The van der Waals surface area contributed by atoms with Crippen LogP contribution in [0, 0.1) is 12.8 Å². The minimum atomic E-state index is -0.646. The molecule has 138 valence electrons. The molecule has 0 heterocycles. The first-order valence-corrected chi connectivity index (χ1v) is 8.66. The number of carbonyl (C=O) groups excluding carboxylic acids is 2. The molecule has 0 fully saturated rings. The second kappa shape index (κ2) is 9.04. The summed E-state index contributed by atoms with van der Waals surface area (Å²) in [7, 11) is 0. The van der Waals surface area contributed by atoms with Gasteiger partial charge in [0.25, 0.3) is 5.91 Å². The molecular formula is C21H25NO4. The van der Waals surface area contributed by atoms with Gasteiger partial charge in [0.1, 0.15) is 5.75 Å². The molecule has 0 saturated carbocycles. The van der Waals surface area contributed by atoms with E-state index in [1.807, 2.05) is 45.0 Å². The molecule has 1 N–H and O–H groups in total. The Kier molecular flexibility index (Phi) is 6.78. The zero-order valence-electron chi connectivity index (χ0n) is 15.6. The van der Waals surface area contributed by atoms with Gasteiger partial charge in [-0.3, -0.25) is 4.79 Å². The molecule has 2 aromatic carbocycles. The van der Waals surface area contributed by atoms with Crippen LogP contribution in [0.25, 0.3) is 0 Å². The first kappa shape index (κ1) is 19.5. The predicted octanol–water partition coefficient (Wildman–Crippen LogP) is 4.21. The molecule has 1 unspecified atom stereocenters. The fourth-order valence-corrected chi connectivity index (χ4v) is 2.21. The van der Waals surface area contributed by atoms with Crippen molar-refractivity contribution in [3.8, 4) is 5.75 Å². The fourth-order valence-electron chi connectivity index (χ4n) is 2.21. The standard InChI is InChI=1S/C21H25NO4/c1-14(2)13-25-21(24)17-8-10-18(11-9-17)22-20(23)16(4)26-19-7-5-6-15(3)12-19/h5-12,14,16H,13H2,1-4H3,(H,22,23). The highest BCUT2D eigenvalue weighted by atomic mass is 16.5. The maximum absolute atomic E-state index is 12.3. The van der Waals surface area contributed by atoms with Crippen LogP contribution in [0.5, 0.6) is 5.75 Å². The third kappa shape index (κ3) is 5.92. The molecule has 5 heteroatoms. The Labute approximate surface area is 154 Å². The molecule has 1 atom stereocenters. The number of ether oxygens (including phenoxy) is 2. The van der Waals surface area contributed by atoms with Crippen molar-refractivity contribution in [2.45, 2.75) is 33.8 Å². The summed E-state index contributed by atoms with van der Waals surface area (Å²) in [6.07, 6.45) is -0.646. The van der Waals surface area contributed by atoms with Gasteiger partial charge in [-0.1, -0.05) is 26.0 Å². The van der Waals surface area contributed by atoms with Crippen molar-refractivity contribution in [2.75, 3.05) is 11.9 Å². The highest BCUT2D eigenvalue weighted by molar-refractivity contribution is 5.95. The van der Waals surface area contributed by atoms with E-state index < -0.39 is 6.10 Å². The van der Waals surface area contributed by atoms with Gasteiger partial charge < -0.3 is 14.8 Å². The number of nitrogens with one attached hydrogen (secondary N) is 1. The van der Waals surface area contributed by atoms with E-state index in [0.717, 1.165) is 5.56 Å². The van der Waals surface area contributed by atoms with Crippen molar-refractivity contribution in [1.82, 2.24) is 0 Å². The maximum Gasteiger partial charge on any atom is 0.338 e. The van der Waals surface area contributed by atoms with Crippen LogP contribution < -0.4 is 10.1 Å². The van der Waals surface area contributed by atoms with E-state index in [9.17, 15) is 9.59 Å². The molecule has 0 spiro atoms. The number of rotatable bonds is 7. The van der Waals surface area contributed by atoms with Gasteiger partial charge >= 0.3 is 5.97 Å². The smallest absolute Gasteiger partial charge is 0.338 e. The number of hydrogen-bond donors (Lipinski definition) is 1. The fraction of sp³-hybridized carbons (Fsp3) is 0.333. The van der Waals surface area contributed by atoms with Crippen molar-refractivity contribution >= 4 is 17.6 Å². The summed E-state index contributed by atoms with van der Waals surface area (Å²) in [5.74, 6) is 0.303. The van der Waals surface area contributed by atoms with Gasteiger partial charge in [-0.2, -0.15) is 0 Å². The van der Waals surface area contributed by atoms with Crippen molar-refractivity contribution < 1.29 is 19.1 Å². The summed E-state index contributed by atoms with van der Waals surface area (Å²) < 4.78 is 10.8. The minimum Gasteiger partial charge on any atom is -0.481 e. The van der Waals surface area contributed by atoms with E-state index in [2.05, 4.69) is 5.32 Å². The molecule has 2 aromatic rings. The molecule has 0 aliphatic carbocycles. The lowest BCUT2D eigenvalue weighted by Gasteiger charge is -2.15. The van der Waals surface area contributed by atoms with Crippen LogP contribution in [0.3, 0.4) is 0 Å². The molecule has 0 saturated heterocycles. The zero-order valence-corrected chi connectivity index (χ0v) is 15.6. The molecule has 0 aliphatic heterocycles. The lowest BCUT2D eigenvalue weighted by Crippen LogP contribution is -2.30. The summed E-state index contributed by atoms with van der Waals surface area (Å²) in [6, 6.07) is 14.1. The number of benzene rings is 2. The Morgan fingerprint density at radius 1 is 1.04 bits per heavy atom. The van der Waals surface area contributed by atoms with E-state index in [1.54, 1.807) is 31.2 Å². The third-order valence-electron chi connectivity index (χ3n) is 3.61. The van der Waals surface area contributed by atoms with E-state index >= 15 is 0 Å². The SMILES string of the molecule is Cc1cccc(OC(C)C(=O)Nc2ccc(C(=O)OCC(C)C)cc2)c1. The molecule has 2 rings (SSSR count). The normalized spacial score (nSPS) is 11.7. The quantitative estimate of drug-likeness (QED) is 0.756. The lowest BCUT2D eigenvalue weighted by molar-refractivity contribution is -0.122.